The third-order valence-corrected chi connectivity index (χ3v) is 4.02. The van der Waals surface area contributed by atoms with Gasteiger partial charge in [-0.3, -0.25) is 9.48 Å². The minimum absolute atomic E-state index is 0.164. The Bertz CT molecular complexity index is 877. The normalized spacial score (nSPS) is 10.7. The van der Waals surface area contributed by atoms with Gasteiger partial charge in [0.2, 0.25) is 0 Å². The first-order valence-corrected chi connectivity index (χ1v) is 8.74. The molecule has 0 spiro atoms. The average Bonchev–Trinajstić information content (AvgIpc) is 3.27. The predicted octanol–water partition coefficient (Wildman–Crippen LogP) is 3.24. The molecule has 1 amide bonds. The summed E-state index contributed by atoms with van der Waals surface area (Å²) < 4.78 is 8.84. The largest absolute Gasteiger partial charge is 0.470 e. The van der Waals surface area contributed by atoms with Crippen molar-refractivity contribution in [1.29, 1.82) is 0 Å². The number of ether oxygens (including phenoxy) is 1. The molecule has 9 heteroatoms. The number of carbonyl (C=O) groups excluding carboxylic acids is 1. The van der Waals surface area contributed by atoms with Crippen LogP contribution in [0.25, 0.3) is 0 Å². The number of nitrogens with zero attached hydrogens (tertiary/aromatic N) is 4. The summed E-state index contributed by atoms with van der Waals surface area (Å²) in [7, 11) is 0. The van der Waals surface area contributed by atoms with Crippen molar-refractivity contribution in [2.45, 2.75) is 19.7 Å². The van der Waals surface area contributed by atoms with Crippen LogP contribution in [0.4, 0.5) is 0 Å². The molecule has 26 heavy (non-hydrogen) atoms. The second-order valence-corrected chi connectivity index (χ2v) is 6.32. The van der Waals surface area contributed by atoms with Gasteiger partial charge in [-0.15, -0.1) is 0 Å². The van der Waals surface area contributed by atoms with Gasteiger partial charge in [0, 0.05) is 25.5 Å². The summed E-state index contributed by atoms with van der Waals surface area (Å²) in [5.41, 5.74) is 0.329. The molecule has 7 nitrogen and oxygen atoms in total. The average molecular weight is 394 g/mol. The van der Waals surface area contributed by atoms with E-state index < -0.39 is 0 Å². The molecule has 0 atom stereocenters. The lowest BCUT2D eigenvalue weighted by atomic mass is 10.3. The van der Waals surface area contributed by atoms with E-state index in [-0.39, 0.29) is 12.6 Å². The SMILES string of the molecule is O=C(NCCCn1cc(Cl)cn1)c1ccn(COc2ccccc2Cl)n1. The zero-order valence-corrected chi connectivity index (χ0v) is 15.3. The van der Waals surface area contributed by atoms with E-state index >= 15 is 0 Å². The van der Waals surface area contributed by atoms with E-state index in [1.807, 2.05) is 12.1 Å². The van der Waals surface area contributed by atoms with Crippen LogP contribution in [-0.4, -0.2) is 32.0 Å². The zero-order chi connectivity index (χ0) is 18.4. The van der Waals surface area contributed by atoms with Crippen LogP contribution in [0.15, 0.2) is 48.9 Å². The Kier molecular flexibility index (Phi) is 6.14. The van der Waals surface area contributed by atoms with E-state index in [2.05, 4.69) is 15.5 Å². The number of hydrogen-bond acceptors (Lipinski definition) is 4. The third kappa shape index (κ3) is 5.00. The molecule has 0 bridgehead atoms. The summed E-state index contributed by atoms with van der Waals surface area (Å²) in [6.07, 6.45) is 5.74. The van der Waals surface area contributed by atoms with Gasteiger partial charge in [0.25, 0.3) is 5.91 Å². The Hall–Kier alpha value is -2.51. The summed E-state index contributed by atoms with van der Waals surface area (Å²) in [6.45, 7) is 1.35. The summed E-state index contributed by atoms with van der Waals surface area (Å²) in [4.78, 5) is 12.1. The molecule has 136 valence electrons. The van der Waals surface area contributed by atoms with Gasteiger partial charge in [-0.25, -0.2) is 4.68 Å². The Morgan fingerprint density at radius 3 is 2.81 bits per heavy atom. The second kappa shape index (κ2) is 8.73. The van der Waals surface area contributed by atoms with Crippen molar-refractivity contribution < 1.29 is 9.53 Å². The van der Waals surface area contributed by atoms with Crippen LogP contribution in [0.2, 0.25) is 10.0 Å². The maximum Gasteiger partial charge on any atom is 0.271 e. The molecule has 0 radical (unpaired) electrons. The fraction of sp³-hybridized carbons (Fsp3) is 0.235. The number of aromatic nitrogens is 4. The van der Waals surface area contributed by atoms with Crippen molar-refractivity contribution >= 4 is 29.1 Å². The highest BCUT2D eigenvalue weighted by Gasteiger charge is 2.09. The number of rotatable bonds is 8. The van der Waals surface area contributed by atoms with Crippen LogP contribution in [-0.2, 0) is 13.3 Å². The second-order valence-electron chi connectivity index (χ2n) is 5.48. The molecular weight excluding hydrogens is 377 g/mol. The van der Waals surface area contributed by atoms with Gasteiger partial charge >= 0.3 is 0 Å². The monoisotopic (exact) mass is 393 g/mol. The van der Waals surface area contributed by atoms with E-state index in [0.29, 0.717) is 34.6 Å². The van der Waals surface area contributed by atoms with Crippen LogP contribution in [0.5, 0.6) is 5.75 Å². The first-order chi connectivity index (χ1) is 12.6. The molecule has 0 aliphatic rings. The lowest BCUT2D eigenvalue weighted by Gasteiger charge is -2.07. The van der Waals surface area contributed by atoms with Gasteiger partial charge in [-0.1, -0.05) is 35.3 Å². The Labute approximate surface area is 160 Å². The maximum absolute atomic E-state index is 12.1. The molecular formula is C17H17Cl2N5O2. The van der Waals surface area contributed by atoms with Gasteiger partial charge < -0.3 is 10.1 Å². The van der Waals surface area contributed by atoms with Crippen LogP contribution < -0.4 is 10.1 Å². The van der Waals surface area contributed by atoms with Crippen molar-refractivity contribution in [3.05, 3.63) is 64.7 Å². The van der Waals surface area contributed by atoms with Crippen molar-refractivity contribution in [2.75, 3.05) is 6.54 Å². The number of halogens is 2. The quantitative estimate of drug-likeness (QED) is 0.596. The van der Waals surface area contributed by atoms with Crippen molar-refractivity contribution in [3.8, 4) is 5.75 Å². The van der Waals surface area contributed by atoms with Crippen molar-refractivity contribution in [3.63, 3.8) is 0 Å². The number of aryl methyl sites for hydroxylation is 1. The number of nitrogens with one attached hydrogen (secondary N) is 1. The molecule has 3 rings (SSSR count). The standard InChI is InChI=1S/C17H17Cl2N5O2/c18-13-10-21-23(11-13)8-3-7-20-17(25)15-6-9-24(22-15)12-26-16-5-2-1-4-14(16)19/h1-2,4-6,9-11H,3,7-8,12H2,(H,20,25). The number of benzene rings is 1. The topological polar surface area (TPSA) is 74.0 Å². The van der Waals surface area contributed by atoms with Crippen LogP contribution in [0, 0.1) is 0 Å². The molecule has 0 fully saturated rings. The first-order valence-electron chi connectivity index (χ1n) is 7.99. The van der Waals surface area contributed by atoms with Gasteiger partial charge in [0.15, 0.2) is 6.73 Å². The first kappa shape index (κ1) is 18.3. The number of amides is 1. The number of para-hydroxylation sites is 1. The summed E-state index contributed by atoms with van der Waals surface area (Å²) in [6, 6.07) is 8.81. The van der Waals surface area contributed by atoms with E-state index in [9.17, 15) is 4.79 Å². The summed E-state index contributed by atoms with van der Waals surface area (Å²) in [5.74, 6) is 0.328. The molecule has 2 aromatic heterocycles. The van der Waals surface area contributed by atoms with E-state index in [0.717, 1.165) is 6.42 Å². The molecule has 0 aliphatic heterocycles. The van der Waals surface area contributed by atoms with Crippen molar-refractivity contribution in [2.24, 2.45) is 0 Å². The Morgan fingerprint density at radius 1 is 1.19 bits per heavy atom. The lowest BCUT2D eigenvalue weighted by molar-refractivity contribution is 0.0945. The van der Waals surface area contributed by atoms with Crippen LogP contribution >= 0.6 is 23.2 Å². The fourth-order valence-corrected chi connectivity index (χ4v) is 2.59. The molecule has 1 N–H and O–H groups in total. The highest BCUT2D eigenvalue weighted by atomic mass is 35.5. The van der Waals surface area contributed by atoms with Gasteiger partial charge in [-0.05, 0) is 24.6 Å². The fourth-order valence-electron chi connectivity index (χ4n) is 2.25. The molecule has 0 aliphatic carbocycles. The smallest absolute Gasteiger partial charge is 0.271 e. The molecule has 1 aromatic carbocycles. The summed E-state index contributed by atoms with van der Waals surface area (Å²) >= 11 is 11.8. The molecule has 0 saturated heterocycles. The van der Waals surface area contributed by atoms with Gasteiger partial charge in [0.1, 0.15) is 11.4 Å². The third-order valence-electron chi connectivity index (χ3n) is 3.51. The van der Waals surface area contributed by atoms with Gasteiger partial charge in [-0.2, -0.15) is 10.2 Å². The summed E-state index contributed by atoms with van der Waals surface area (Å²) in [5, 5.41) is 12.2. The van der Waals surface area contributed by atoms with E-state index in [4.69, 9.17) is 27.9 Å². The number of hydrogen-bond donors (Lipinski definition) is 1. The molecule has 3 aromatic rings. The molecule has 2 heterocycles. The minimum Gasteiger partial charge on any atom is -0.470 e. The highest BCUT2D eigenvalue weighted by molar-refractivity contribution is 6.32. The molecule has 0 saturated carbocycles. The Morgan fingerprint density at radius 2 is 2.04 bits per heavy atom. The highest BCUT2D eigenvalue weighted by Crippen LogP contribution is 2.23. The molecule has 0 unspecified atom stereocenters. The van der Waals surface area contributed by atoms with Gasteiger partial charge in [0.05, 0.1) is 16.2 Å². The zero-order valence-electron chi connectivity index (χ0n) is 13.8. The van der Waals surface area contributed by atoms with E-state index in [1.165, 1.54) is 4.68 Å². The van der Waals surface area contributed by atoms with Crippen LogP contribution in [0.1, 0.15) is 16.9 Å². The van der Waals surface area contributed by atoms with E-state index in [1.54, 1.807) is 41.5 Å². The van der Waals surface area contributed by atoms with Crippen LogP contribution in [0.3, 0.4) is 0 Å². The maximum atomic E-state index is 12.1. The predicted molar refractivity (Wildman–Crippen MR) is 98.5 cm³/mol. The lowest BCUT2D eigenvalue weighted by Crippen LogP contribution is -2.26. The van der Waals surface area contributed by atoms with Crippen molar-refractivity contribution in [1.82, 2.24) is 24.9 Å². The Balaban J connectivity index is 1.43. The number of carbonyl (C=O) groups is 1. The minimum atomic E-state index is -0.236.